The van der Waals surface area contributed by atoms with Crippen molar-refractivity contribution in [3.05, 3.63) is 0 Å². The highest BCUT2D eigenvalue weighted by molar-refractivity contribution is 7.92. The average Bonchev–Trinajstić information content (AvgIpc) is 3.64. The lowest BCUT2D eigenvalue weighted by Crippen LogP contribution is -2.36. The summed E-state index contributed by atoms with van der Waals surface area (Å²) in [6.07, 6.45) is 6.58. The largest absolute Gasteiger partial charge is 0.356 e. The second kappa shape index (κ2) is 29.8. The van der Waals surface area contributed by atoms with Crippen molar-refractivity contribution in [1.82, 2.24) is 30.6 Å². The quantitative estimate of drug-likeness (QED) is 0.0531. The molecule has 4 unspecified atom stereocenters. The zero-order valence-electron chi connectivity index (χ0n) is 38.3. The molecule has 2 fully saturated rings. The Morgan fingerprint density at radius 3 is 1.29 bits per heavy atom. The van der Waals surface area contributed by atoms with Crippen LogP contribution >= 0.6 is 0 Å². The molecule has 25 heteroatoms. The van der Waals surface area contributed by atoms with E-state index >= 15 is 0 Å². The average molecular weight is 983 g/mol. The standard InChI is InChI=1S/C21H35N3O8S.C19H31N3O9S.CH4/c1-15(25)22-13-9-8-10-16(23(2)3)17(26)11-6-5-7-12-20(28)32-24-19(27)14-18(21(24)29)33(4,30)31;1-13(23)20-11-7-6-8-14(21(2)3)15(24)9-4-5-10-18(26)31-22-17(25)12-16(19(22)27)32(28,29)30;/h16,18H,5-14H2,1-4H3,(H,22,25);14,16H,4-12H2,1-3H3,(H,20,23)(H,28,29,30);1H4. The van der Waals surface area contributed by atoms with E-state index in [9.17, 15) is 64.8 Å². The van der Waals surface area contributed by atoms with Crippen LogP contribution in [0, 0.1) is 0 Å². The number of Topliss-reactive ketones (excluding diaryl/α,β-unsaturated/α-hetero) is 2. The van der Waals surface area contributed by atoms with E-state index in [1.807, 2.05) is 23.9 Å². The van der Waals surface area contributed by atoms with Gasteiger partial charge in [0.25, 0.3) is 33.7 Å². The molecule has 0 aromatic rings. The number of hydrogen-bond donors (Lipinski definition) is 3. The first-order valence-corrected chi connectivity index (χ1v) is 24.8. The molecule has 0 aliphatic carbocycles. The highest BCUT2D eigenvalue weighted by Gasteiger charge is 2.49. The van der Waals surface area contributed by atoms with E-state index in [1.165, 1.54) is 13.8 Å². The third-order valence-electron chi connectivity index (χ3n) is 10.3. The number of carbonyl (C=O) groups excluding carboxylic acids is 10. The first kappa shape index (κ1) is 61.3. The Bertz CT molecular complexity index is 1940. The van der Waals surface area contributed by atoms with Gasteiger partial charge in [0, 0.05) is 58.9 Å². The van der Waals surface area contributed by atoms with Gasteiger partial charge >= 0.3 is 11.9 Å². The van der Waals surface area contributed by atoms with Gasteiger partial charge in [-0.15, -0.1) is 10.1 Å². The van der Waals surface area contributed by atoms with Gasteiger partial charge in [0.1, 0.15) is 11.6 Å². The fourth-order valence-electron chi connectivity index (χ4n) is 6.73. The predicted octanol–water partition coefficient (Wildman–Crippen LogP) is 0.835. The molecule has 4 atom stereocenters. The van der Waals surface area contributed by atoms with E-state index in [2.05, 4.69) is 15.5 Å². The Balaban J connectivity index is 0.00000126. The minimum atomic E-state index is -4.78. The smallest absolute Gasteiger partial charge is 0.333 e. The van der Waals surface area contributed by atoms with Crippen LogP contribution in [-0.2, 0) is 77.6 Å². The van der Waals surface area contributed by atoms with Crippen LogP contribution in [0.3, 0.4) is 0 Å². The molecule has 2 aliphatic heterocycles. The number of unbranched alkanes of at least 4 members (excludes halogenated alkanes) is 5. The van der Waals surface area contributed by atoms with Crippen molar-refractivity contribution in [2.24, 2.45) is 0 Å². The summed E-state index contributed by atoms with van der Waals surface area (Å²) < 4.78 is 54.2. The SMILES string of the molecule is C.CC(=O)NCCCCC(C(=O)CCCCC(=O)ON1C(=O)CC(S(=O)(=O)O)C1=O)N(C)C.CC(=O)NCCCCC(C(=O)CCCCCC(=O)ON1C(=O)CC(S(C)(=O)=O)C1=O)N(C)C. The summed E-state index contributed by atoms with van der Waals surface area (Å²) in [5, 5.41) is 2.25. The summed E-state index contributed by atoms with van der Waals surface area (Å²) in [5.74, 6) is -6.02. The number of sulfone groups is 1. The highest BCUT2D eigenvalue weighted by atomic mass is 32.2. The van der Waals surface area contributed by atoms with E-state index in [-0.39, 0.29) is 78.7 Å². The molecule has 0 bridgehead atoms. The Morgan fingerprint density at radius 1 is 0.606 bits per heavy atom. The predicted molar refractivity (Wildman–Crippen MR) is 237 cm³/mol. The van der Waals surface area contributed by atoms with Crippen molar-refractivity contribution in [1.29, 1.82) is 0 Å². The van der Waals surface area contributed by atoms with Gasteiger partial charge in [-0.1, -0.05) is 13.8 Å². The lowest BCUT2D eigenvalue weighted by molar-refractivity contribution is -0.197. The summed E-state index contributed by atoms with van der Waals surface area (Å²) in [7, 11) is -1.24. The number of nitrogens with zero attached hydrogens (tertiary/aromatic N) is 4. The molecule has 0 aromatic carbocycles. The van der Waals surface area contributed by atoms with E-state index < -0.39 is 78.9 Å². The zero-order valence-corrected chi connectivity index (χ0v) is 40.0. The number of imide groups is 2. The van der Waals surface area contributed by atoms with Gasteiger partial charge in [-0.25, -0.2) is 18.0 Å². The lowest BCUT2D eigenvalue weighted by Gasteiger charge is -2.23. The normalized spacial score (nSPS) is 17.2. The number of carbonyl (C=O) groups is 10. The molecule has 2 aliphatic rings. The molecule has 0 radical (unpaired) electrons. The van der Waals surface area contributed by atoms with Crippen molar-refractivity contribution in [3.63, 3.8) is 0 Å². The van der Waals surface area contributed by atoms with E-state index in [0.717, 1.165) is 31.9 Å². The molecule has 0 aromatic heterocycles. The lowest BCUT2D eigenvalue weighted by atomic mass is 9.99. The van der Waals surface area contributed by atoms with Gasteiger partial charge in [0.05, 0.1) is 24.9 Å². The summed E-state index contributed by atoms with van der Waals surface area (Å²) in [4.78, 5) is 131. The molecule has 23 nitrogen and oxygen atoms in total. The van der Waals surface area contributed by atoms with Crippen molar-refractivity contribution in [2.45, 2.75) is 153 Å². The van der Waals surface area contributed by atoms with Crippen molar-refractivity contribution >= 4 is 78.9 Å². The summed E-state index contributed by atoms with van der Waals surface area (Å²) in [6.45, 7) is 4.05. The van der Waals surface area contributed by atoms with Crippen LogP contribution in [0.5, 0.6) is 0 Å². The molecule has 2 rings (SSSR count). The molecule has 3 N–H and O–H groups in total. The second-order valence-electron chi connectivity index (χ2n) is 16.3. The van der Waals surface area contributed by atoms with E-state index in [0.29, 0.717) is 58.0 Å². The van der Waals surface area contributed by atoms with Gasteiger partial charge in [-0.05, 0) is 92.4 Å². The number of nitrogens with one attached hydrogen (secondary N) is 2. The molecule has 66 heavy (non-hydrogen) atoms. The number of rotatable bonds is 29. The monoisotopic (exact) mass is 982 g/mol. The van der Waals surface area contributed by atoms with Gasteiger partial charge in [0.2, 0.25) is 11.8 Å². The maximum Gasteiger partial charge on any atom is 0.333 e. The molecule has 6 amide bonds. The Kier molecular flexibility index (Phi) is 27.7. The number of hydroxylamine groups is 4. The van der Waals surface area contributed by atoms with Crippen molar-refractivity contribution in [3.8, 4) is 0 Å². The molecular formula is C41H70N6O17S2. The number of hydrogen-bond acceptors (Lipinski definition) is 18. The number of amides is 6. The van der Waals surface area contributed by atoms with Crippen molar-refractivity contribution < 1.29 is 79.0 Å². The molecule has 2 heterocycles. The van der Waals surface area contributed by atoms with Gasteiger partial charge in [-0.3, -0.25) is 52.7 Å². The minimum absolute atomic E-state index is 0. The third kappa shape index (κ3) is 22.7. The molecule has 2 saturated heterocycles. The Morgan fingerprint density at radius 2 is 0.955 bits per heavy atom. The van der Waals surface area contributed by atoms with Gasteiger partial charge in [0.15, 0.2) is 20.3 Å². The summed E-state index contributed by atoms with van der Waals surface area (Å²) in [5.41, 5.74) is 0. The van der Waals surface area contributed by atoms with Gasteiger partial charge < -0.3 is 20.3 Å². The van der Waals surface area contributed by atoms with Crippen LogP contribution in [0.2, 0.25) is 0 Å². The summed E-state index contributed by atoms with van der Waals surface area (Å²) >= 11 is 0. The first-order chi connectivity index (χ1) is 30.2. The Hall–Kier alpha value is -4.72. The minimum Gasteiger partial charge on any atom is -0.356 e. The van der Waals surface area contributed by atoms with Crippen LogP contribution in [-0.4, -0.2) is 170 Å². The molecule has 378 valence electrons. The van der Waals surface area contributed by atoms with Crippen LogP contribution in [0.15, 0.2) is 0 Å². The molecular weight excluding hydrogens is 913 g/mol. The van der Waals surface area contributed by atoms with E-state index in [1.54, 1.807) is 14.1 Å². The fraction of sp³-hybridized carbons (Fsp3) is 0.756. The van der Waals surface area contributed by atoms with Crippen molar-refractivity contribution in [2.75, 3.05) is 47.5 Å². The second-order valence-corrected chi connectivity index (χ2v) is 20.2. The van der Waals surface area contributed by atoms with Crippen LogP contribution in [0.4, 0.5) is 0 Å². The topological polar surface area (TPSA) is 315 Å². The summed E-state index contributed by atoms with van der Waals surface area (Å²) in [6, 6.07) is -0.487. The maximum absolute atomic E-state index is 12.5. The highest BCUT2D eigenvalue weighted by Crippen LogP contribution is 2.22. The Labute approximate surface area is 387 Å². The van der Waals surface area contributed by atoms with E-state index in [4.69, 9.17) is 9.39 Å². The van der Waals surface area contributed by atoms with Crippen LogP contribution in [0.25, 0.3) is 0 Å². The van der Waals surface area contributed by atoms with Crippen LogP contribution < -0.4 is 10.6 Å². The number of ketones is 2. The van der Waals surface area contributed by atoms with Gasteiger partial charge in [-0.2, -0.15) is 8.42 Å². The van der Waals surface area contributed by atoms with Crippen LogP contribution in [0.1, 0.15) is 130 Å². The maximum atomic E-state index is 12.5. The molecule has 0 spiro atoms. The first-order valence-electron chi connectivity index (χ1n) is 21.4. The zero-order chi connectivity index (χ0) is 49.7. The third-order valence-corrected chi connectivity index (χ3v) is 12.8. The number of likely N-dealkylation sites (N-methyl/N-ethyl adjacent to an activating group) is 2. The molecule has 0 saturated carbocycles. The fourth-order valence-corrected chi connectivity index (χ4v) is 8.35.